The van der Waals surface area contributed by atoms with Crippen molar-refractivity contribution in [3.05, 3.63) is 63.9 Å². The highest BCUT2D eigenvalue weighted by Crippen LogP contribution is 2.31. The largest absolute Gasteiger partial charge is 0.357 e. The molecule has 0 aliphatic rings. The zero-order chi connectivity index (χ0) is 17.3. The van der Waals surface area contributed by atoms with Gasteiger partial charge in [0.1, 0.15) is 17.6 Å². The van der Waals surface area contributed by atoms with Gasteiger partial charge in [-0.15, -0.1) is 0 Å². The number of aromatic amines is 1. The zero-order valence-electron chi connectivity index (χ0n) is 13.8. The first-order valence-electron chi connectivity index (χ1n) is 7.63. The summed E-state index contributed by atoms with van der Waals surface area (Å²) in [6.07, 6.45) is 2.14. The third-order valence-corrected chi connectivity index (χ3v) is 4.21. The van der Waals surface area contributed by atoms with Crippen molar-refractivity contribution in [1.29, 1.82) is 5.26 Å². The van der Waals surface area contributed by atoms with Gasteiger partial charge >= 0.3 is 0 Å². The summed E-state index contributed by atoms with van der Waals surface area (Å²) in [6.45, 7) is 5.63. The van der Waals surface area contributed by atoms with Crippen molar-refractivity contribution >= 4 is 10.9 Å². The van der Waals surface area contributed by atoms with Gasteiger partial charge in [0.05, 0.1) is 11.1 Å². The van der Waals surface area contributed by atoms with Crippen LogP contribution in [0.5, 0.6) is 0 Å². The summed E-state index contributed by atoms with van der Waals surface area (Å²) in [4.78, 5) is 7.48. The van der Waals surface area contributed by atoms with Gasteiger partial charge in [-0.25, -0.2) is 9.37 Å². The van der Waals surface area contributed by atoms with Gasteiger partial charge in [0, 0.05) is 29.3 Å². The van der Waals surface area contributed by atoms with E-state index in [0.717, 1.165) is 22.2 Å². The number of aromatic nitrogens is 2. The van der Waals surface area contributed by atoms with Crippen molar-refractivity contribution in [1.82, 2.24) is 9.97 Å². The normalized spacial score (nSPS) is 10.3. The first-order valence-corrected chi connectivity index (χ1v) is 7.63. The van der Waals surface area contributed by atoms with Crippen molar-refractivity contribution in [2.75, 3.05) is 0 Å². The second kappa shape index (κ2) is 6.18. The Balaban J connectivity index is 2.13. The van der Waals surface area contributed by atoms with Crippen LogP contribution in [0.3, 0.4) is 0 Å². The summed E-state index contributed by atoms with van der Waals surface area (Å²) < 4.78 is 14.6. The molecule has 2 aromatic heterocycles. The maximum absolute atomic E-state index is 14.6. The van der Waals surface area contributed by atoms with Crippen LogP contribution >= 0.6 is 0 Å². The van der Waals surface area contributed by atoms with E-state index in [2.05, 4.69) is 27.9 Å². The van der Waals surface area contributed by atoms with Crippen molar-refractivity contribution in [2.45, 2.75) is 27.2 Å². The molecule has 0 amide bonds. The molecular weight excluding hydrogens is 301 g/mol. The van der Waals surface area contributed by atoms with E-state index in [1.165, 1.54) is 6.07 Å². The third kappa shape index (κ3) is 2.64. The first-order chi connectivity index (χ1) is 11.5. The van der Waals surface area contributed by atoms with Gasteiger partial charge < -0.3 is 4.98 Å². The van der Waals surface area contributed by atoms with E-state index < -0.39 is 0 Å². The van der Waals surface area contributed by atoms with Crippen LogP contribution in [0.2, 0.25) is 0 Å². The summed E-state index contributed by atoms with van der Waals surface area (Å²) in [5.74, 6) is 5.33. The minimum Gasteiger partial charge on any atom is -0.357 e. The molecule has 4 heteroatoms. The lowest BCUT2D eigenvalue weighted by atomic mass is 9.97. The highest BCUT2D eigenvalue weighted by molar-refractivity contribution is 5.92. The molecule has 1 aromatic carbocycles. The molecule has 0 spiro atoms. The fourth-order valence-corrected chi connectivity index (χ4v) is 2.90. The number of halogens is 1. The van der Waals surface area contributed by atoms with E-state index in [9.17, 15) is 9.65 Å². The Morgan fingerprint density at radius 2 is 2.08 bits per heavy atom. The van der Waals surface area contributed by atoms with Crippen molar-refractivity contribution in [3.63, 3.8) is 0 Å². The molecule has 3 nitrogen and oxygen atoms in total. The lowest BCUT2D eigenvalue weighted by molar-refractivity contribution is 0.616. The quantitative estimate of drug-likeness (QED) is 0.722. The van der Waals surface area contributed by atoms with Gasteiger partial charge in [0.2, 0.25) is 0 Å². The highest BCUT2D eigenvalue weighted by atomic mass is 19.1. The summed E-state index contributed by atoms with van der Waals surface area (Å²) in [5, 5.41) is 10.1. The number of H-pyrrole nitrogens is 1. The molecule has 118 valence electrons. The molecule has 3 rings (SSSR count). The Labute approximate surface area is 140 Å². The van der Waals surface area contributed by atoms with Crippen LogP contribution in [-0.4, -0.2) is 9.97 Å². The molecule has 0 radical (unpaired) electrons. The van der Waals surface area contributed by atoms with E-state index in [0.29, 0.717) is 28.8 Å². The Kier molecular flexibility index (Phi) is 4.06. The number of pyridine rings is 1. The molecule has 0 aliphatic heterocycles. The van der Waals surface area contributed by atoms with Crippen molar-refractivity contribution < 1.29 is 4.39 Å². The van der Waals surface area contributed by atoms with E-state index in [1.54, 1.807) is 13.1 Å². The number of nitrogens with zero attached hydrogens (tertiary/aromatic N) is 2. The minimum atomic E-state index is -0.362. The number of aryl methyl sites for hydroxylation is 2. The number of nitrogens with one attached hydrogen (secondary N) is 1. The monoisotopic (exact) mass is 317 g/mol. The molecule has 0 saturated heterocycles. The summed E-state index contributed by atoms with van der Waals surface area (Å²) in [7, 11) is 0. The van der Waals surface area contributed by atoms with Gasteiger partial charge in [-0.2, -0.15) is 5.26 Å². The van der Waals surface area contributed by atoms with E-state index in [1.807, 2.05) is 26.0 Å². The Morgan fingerprint density at radius 1 is 1.29 bits per heavy atom. The summed E-state index contributed by atoms with van der Waals surface area (Å²) >= 11 is 0. The fourth-order valence-electron chi connectivity index (χ4n) is 2.90. The molecule has 0 saturated carbocycles. The van der Waals surface area contributed by atoms with Gasteiger partial charge in [0.15, 0.2) is 0 Å². The van der Waals surface area contributed by atoms with Crippen LogP contribution in [0, 0.1) is 42.8 Å². The molecule has 24 heavy (non-hydrogen) atoms. The molecule has 0 unspecified atom stereocenters. The van der Waals surface area contributed by atoms with E-state index in [4.69, 9.17) is 0 Å². The molecule has 3 aromatic rings. The Morgan fingerprint density at radius 3 is 2.71 bits per heavy atom. The predicted molar refractivity (Wildman–Crippen MR) is 92.0 cm³/mol. The fraction of sp³-hybridized carbons (Fsp3) is 0.200. The van der Waals surface area contributed by atoms with Crippen LogP contribution in [-0.2, 0) is 6.42 Å². The highest BCUT2D eigenvalue weighted by Gasteiger charge is 2.17. The van der Waals surface area contributed by atoms with Gasteiger partial charge in [-0.1, -0.05) is 12.0 Å². The number of benzene rings is 1. The van der Waals surface area contributed by atoms with Crippen LogP contribution in [0.25, 0.3) is 10.9 Å². The SMILES string of the molecule is CC#Cc1ccc(Cc2c(F)cc(C#N)c3[nH]c(C)c(C)c23)cn1. The topological polar surface area (TPSA) is 52.5 Å². The second-order valence-electron chi connectivity index (χ2n) is 5.72. The van der Waals surface area contributed by atoms with Gasteiger partial charge in [-0.3, -0.25) is 0 Å². The smallest absolute Gasteiger partial charge is 0.128 e. The van der Waals surface area contributed by atoms with Crippen LogP contribution in [0.1, 0.15) is 40.6 Å². The Bertz CT molecular complexity index is 1030. The lowest BCUT2D eigenvalue weighted by Gasteiger charge is -2.08. The van der Waals surface area contributed by atoms with E-state index >= 15 is 0 Å². The zero-order valence-corrected chi connectivity index (χ0v) is 13.8. The average Bonchev–Trinajstić information content (AvgIpc) is 2.87. The molecule has 0 bridgehead atoms. The molecule has 0 atom stereocenters. The number of fused-ring (bicyclic) bond motifs is 1. The second-order valence-corrected chi connectivity index (χ2v) is 5.72. The van der Waals surface area contributed by atoms with Crippen LogP contribution in [0.15, 0.2) is 24.4 Å². The molecule has 2 heterocycles. The van der Waals surface area contributed by atoms with E-state index in [-0.39, 0.29) is 5.82 Å². The maximum Gasteiger partial charge on any atom is 0.128 e. The van der Waals surface area contributed by atoms with Crippen molar-refractivity contribution in [3.8, 4) is 17.9 Å². The standard InChI is InChI=1S/C20H16FN3/c1-4-5-16-7-6-14(11-23-16)8-17-18(21)9-15(10-22)20-19(17)12(2)13(3)24-20/h6-7,9,11,24H,8H2,1-3H3. The van der Waals surface area contributed by atoms with Gasteiger partial charge in [-0.05, 0) is 50.0 Å². The lowest BCUT2D eigenvalue weighted by Crippen LogP contribution is -1.98. The van der Waals surface area contributed by atoms with Gasteiger partial charge in [0.25, 0.3) is 0 Å². The number of nitriles is 1. The molecular formula is C20H16FN3. The maximum atomic E-state index is 14.6. The molecule has 0 fully saturated rings. The number of hydrogen-bond donors (Lipinski definition) is 1. The first kappa shape index (κ1) is 15.8. The number of hydrogen-bond acceptors (Lipinski definition) is 2. The summed E-state index contributed by atoms with van der Waals surface area (Å²) in [6, 6.07) is 7.11. The van der Waals surface area contributed by atoms with Crippen LogP contribution in [0.4, 0.5) is 4.39 Å². The summed E-state index contributed by atoms with van der Waals surface area (Å²) in [5.41, 5.74) is 5.12. The number of rotatable bonds is 2. The Hall–Kier alpha value is -3.11. The van der Waals surface area contributed by atoms with Crippen LogP contribution < -0.4 is 0 Å². The molecule has 1 N–H and O–H groups in total. The minimum absolute atomic E-state index is 0.328. The van der Waals surface area contributed by atoms with Crippen molar-refractivity contribution in [2.24, 2.45) is 0 Å². The third-order valence-electron chi connectivity index (χ3n) is 4.21. The molecule has 0 aliphatic carbocycles. The average molecular weight is 317 g/mol. The predicted octanol–water partition coefficient (Wildman–Crippen LogP) is 4.15.